The summed E-state index contributed by atoms with van der Waals surface area (Å²) >= 11 is 19.2. The first-order chi connectivity index (χ1) is 14.3. The van der Waals surface area contributed by atoms with E-state index in [2.05, 4.69) is 10.6 Å². The summed E-state index contributed by atoms with van der Waals surface area (Å²) in [5, 5.41) is 6.66. The highest BCUT2D eigenvalue weighted by Crippen LogP contribution is 2.28. The topological polar surface area (TPSA) is 58.2 Å². The van der Waals surface area contributed by atoms with E-state index in [0.29, 0.717) is 27.0 Å². The molecule has 154 valence electrons. The van der Waals surface area contributed by atoms with Gasteiger partial charge in [0.25, 0.3) is 5.91 Å². The molecule has 1 unspecified atom stereocenters. The van der Waals surface area contributed by atoms with Crippen molar-refractivity contribution in [2.24, 2.45) is 0 Å². The number of anilines is 2. The van der Waals surface area contributed by atoms with E-state index in [1.54, 1.807) is 48.5 Å². The number of halogens is 3. The predicted molar refractivity (Wildman–Crippen MR) is 126 cm³/mol. The minimum absolute atomic E-state index is 0.135. The molecule has 0 fully saturated rings. The number of benzene rings is 3. The van der Waals surface area contributed by atoms with E-state index in [0.717, 1.165) is 4.90 Å². The SMILES string of the molecule is CC(Sc1cccc(NC(=O)c2ccc(Cl)cc2Cl)c1)C(=O)Nc1ccc(Cl)cc1. The van der Waals surface area contributed by atoms with Gasteiger partial charge in [-0.25, -0.2) is 0 Å². The Morgan fingerprint density at radius 2 is 1.53 bits per heavy atom. The van der Waals surface area contributed by atoms with Gasteiger partial charge < -0.3 is 10.6 Å². The number of nitrogens with one attached hydrogen (secondary N) is 2. The molecule has 4 nitrogen and oxygen atoms in total. The van der Waals surface area contributed by atoms with Crippen LogP contribution in [0.5, 0.6) is 0 Å². The maximum atomic E-state index is 12.5. The summed E-state index contributed by atoms with van der Waals surface area (Å²) in [6.45, 7) is 1.81. The van der Waals surface area contributed by atoms with E-state index >= 15 is 0 Å². The lowest BCUT2D eigenvalue weighted by atomic mass is 10.2. The highest BCUT2D eigenvalue weighted by molar-refractivity contribution is 8.00. The van der Waals surface area contributed by atoms with Crippen molar-refractivity contribution in [3.63, 3.8) is 0 Å². The van der Waals surface area contributed by atoms with Gasteiger partial charge in [-0.2, -0.15) is 0 Å². The number of thioether (sulfide) groups is 1. The fourth-order valence-corrected chi connectivity index (χ4v) is 4.10. The summed E-state index contributed by atoms with van der Waals surface area (Å²) in [5.41, 5.74) is 1.61. The standard InChI is InChI=1S/C22H17Cl3N2O2S/c1-13(21(28)26-16-8-5-14(23)6-9-16)30-18-4-2-3-17(12-18)27-22(29)19-10-7-15(24)11-20(19)25/h2-13H,1H3,(H,26,28)(H,27,29). The van der Waals surface area contributed by atoms with Crippen molar-refractivity contribution in [2.75, 3.05) is 10.6 Å². The van der Waals surface area contributed by atoms with Gasteiger partial charge in [0, 0.05) is 26.3 Å². The van der Waals surface area contributed by atoms with Crippen LogP contribution >= 0.6 is 46.6 Å². The van der Waals surface area contributed by atoms with Crippen LogP contribution in [-0.2, 0) is 4.79 Å². The average molecular weight is 480 g/mol. The molecule has 2 N–H and O–H groups in total. The van der Waals surface area contributed by atoms with Crippen LogP contribution < -0.4 is 10.6 Å². The first kappa shape index (κ1) is 22.5. The molecule has 0 aliphatic heterocycles. The van der Waals surface area contributed by atoms with E-state index in [9.17, 15) is 9.59 Å². The highest BCUT2D eigenvalue weighted by atomic mass is 35.5. The zero-order valence-corrected chi connectivity index (χ0v) is 18.9. The van der Waals surface area contributed by atoms with Gasteiger partial charge in [-0.1, -0.05) is 40.9 Å². The number of carbonyl (C=O) groups is 2. The summed E-state index contributed by atoms with van der Waals surface area (Å²) in [5.74, 6) is -0.475. The van der Waals surface area contributed by atoms with Crippen LogP contribution in [0.1, 0.15) is 17.3 Å². The van der Waals surface area contributed by atoms with Gasteiger partial charge in [-0.05, 0) is 67.6 Å². The Morgan fingerprint density at radius 3 is 2.23 bits per heavy atom. The van der Waals surface area contributed by atoms with Gasteiger partial charge in [0.15, 0.2) is 0 Å². The molecule has 0 aliphatic rings. The van der Waals surface area contributed by atoms with E-state index in [1.165, 1.54) is 17.8 Å². The van der Waals surface area contributed by atoms with Crippen molar-refractivity contribution in [3.8, 4) is 0 Å². The normalized spacial score (nSPS) is 11.6. The van der Waals surface area contributed by atoms with E-state index in [-0.39, 0.29) is 22.1 Å². The molecule has 0 saturated carbocycles. The molecule has 30 heavy (non-hydrogen) atoms. The minimum atomic E-state index is -0.350. The summed E-state index contributed by atoms with van der Waals surface area (Å²) in [6.07, 6.45) is 0. The zero-order valence-electron chi connectivity index (χ0n) is 15.8. The molecule has 0 aliphatic carbocycles. The lowest BCUT2D eigenvalue weighted by Gasteiger charge is -2.13. The third-order valence-electron chi connectivity index (χ3n) is 4.06. The molecule has 2 amide bonds. The molecule has 0 spiro atoms. The second kappa shape index (κ2) is 10.2. The molecule has 3 rings (SSSR count). The fraction of sp³-hybridized carbons (Fsp3) is 0.0909. The largest absolute Gasteiger partial charge is 0.325 e. The molecule has 0 bridgehead atoms. The summed E-state index contributed by atoms with van der Waals surface area (Å²) < 4.78 is 0. The van der Waals surface area contributed by atoms with Crippen LogP contribution in [0.15, 0.2) is 71.6 Å². The van der Waals surface area contributed by atoms with Crippen LogP contribution in [-0.4, -0.2) is 17.1 Å². The van der Waals surface area contributed by atoms with Crippen LogP contribution in [0.3, 0.4) is 0 Å². The van der Waals surface area contributed by atoms with Crippen LogP contribution in [0, 0.1) is 0 Å². The molecule has 0 aromatic heterocycles. The van der Waals surface area contributed by atoms with Crippen LogP contribution in [0.4, 0.5) is 11.4 Å². The molecule has 0 heterocycles. The smallest absolute Gasteiger partial charge is 0.257 e. The van der Waals surface area contributed by atoms with Crippen molar-refractivity contribution in [1.29, 1.82) is 0 Å². The van der Waals surface area contributed by atoms with Crippen molar-refractivity contribution >= 4 is 69.8 Å². The van der Waals surface area contributed by atoms with Gasteiger partial charge in [0.2, 0.25) is 5.91 Å². The Labute approximate surface area is 193 Å². The Bertz CT molecular complexity index is 1070. The molecular formula is C22H17Cl3N2O2S. The fourth-order valence-electron chi connectivity index (χ4n) is 2.55. The highest BCUT2D eigenvalue weighted by Gasteiger charge is 2.16. The van der Waals surface area contributed by atoms with Crippen molar-refractivity contribution in [1.82, 2.24) is 0 Å². The monoisotopic (exact) mass is 478 g/mol. The quantitative estimate of drug-likeness (QED) is 0.374. The van der Waals surface area contributed by atoms with Crippen LogP contribution in [0.2, 0.25) is 15.1 Å². The van der Waals surface area contributed by atoms with Gasteiger partial charge in [-0.15, -0.1) is 11.8 Å². The number of amides is 2. The van der Waals surface area contributed by atoms with Crippen molar-refractivity contribution in [2.45, 2.75) is 17.1 Å². The molecule has 3 aromatic rings. The summed E-state index contributed by atoms with van der Waals surface area (Å²) in [7, 11) is 0. The van der Waals surface area contributed by atoms with Gasteiger partial charge in [0.1, 0.15) is 0 Å². The van der Waals surface area contributed by atoms with Crippen molar-refractivity contribution < 1.29 is 9.59 Å². The third-order valence-corrected chi connectivity index (χ3v) is 5.96. The summed E-state index contributed by atoms with van der Waals surface area (Å²) in [4.78, 5) is 25.8. The zero-order chi connectivity index (χ0) is 21.7. The van der Waals surface area contributed by atoms with Gasteiger partial charge >= 0.3 is 0 Å². The Morgan fingerprint density at radius 1 is 0.833 bits per heavy atom. The maximum absolute atomic E-state index is 12.5. The van der Waals surface area contributed by atoms with Crippen LogP contribution in [0.25, 0.3) is 0 Å². The Kier molecular flexibility index (Phi) is 7.67. The second-order valence-corrected chi connectivity index (χ2v) is 9.06. The van der Waals surface area contributed by atoms with E-state index in [1.807, 2.05) is 19.1 Å². The van der Waals surface area contributed by atoms with E-state index in [4.69, 9.17) is 34.8 Å². The first-order valence-corrected chi connectivity index (χ1v) is 10.9. The minimum Gasteiger partial charge on any atom is -0.325 e. The molecular weight excluding hydrogens is 463 g/mol. The summed E-state index contributed by atoms with van der Waals surface area (Å²) in [6, 6.07) is 18.9. The first-order valence-electron chi connectivity index (χ1n) is 8.91. The number of carbonyl (C=O) groups excluding carboxylic acids is 2. The predicted octanol–water partition coefficient (Wildman–Crippen LogP) is 7.02. The maximum Gasteiger partial charge on any atom is 0.257 e. The lowest BCUT2D eigenvalue weighted by Crippen LogP contribution is -2.22. The lowest BCUT2D eigenvalue weighted by molar-refractivity contribution is -0.115. The number of rotatable bonds is 6. The molecule has 0 radical (unpaired) electrons. The van der Waals surface area contributed by atoms with Gasteiger partial charge in [0.05, 0.1) is 15.8 Å². The average Bonchev–Trinajstić information content (AvgIpc) is 2.69. The van der Waals surface area contributed by atoms with E-state index < -0.39 is 0 Å². The van der Waals surface area contributed by atoms with Gasteiger partial charge in [-0.3, -0.25) is 9.59 Å². The molecule has 0 saturated heterocycles. The molecule has 1 atom stereocenters. The number of hydrogen-bond donors (Lipinski definition) is 2. The molecule has 8 heteroatoms. The Hall–Kier alpha value is -2.18. The molecule has 3 aromatic carbocycles. The third kappa shape index (κ3) is 6.16. The Balaban J connectivity index is 1.63. The van der Waals surface area contributed by atoms with Crippen molar-refractivity contribution in [3.05, 3.63) is 87.4 Å². The second-order valence-electron chi connectivity index (χ2n) is 6.36. The number of hydrogen-bond acceptors (Lipinski definition) is 3.